The van der Waals surface area contributed by atoms with Crippen LogP contribution in [0.5, 0.6) is 0 Å². The van der Waals surface area contributed by atoms with E-state index >= 15 is 0 Å². The number of hydrogen-bond acceptors (Lipinski definition) is 5. The molecule has 0 fully saturated rings. The number of hydrogen-bond donors (Lipinski definition) is 3. The molecular formula is C28H28N6. The molecule has 6 nitrogen and oxygen atoms in total. The van der Waals surface area contributed by atoms with E-state index in [-0.39, 0.29) is 6.04 Å². The van der Waals surface area contributed by atoms with Crippen LogP contribution in [0.1, 0.15) is 34.1 Å². The lowest BCUT2D eigenvalue weighted by atomic mass is 10.0. The number of aromatic amines is 1. The third-order valence-electron chi connectivity index (χ3n) is 6.70. The predicted octanol–water partition coefficient (Wildman–Crippen LogP) is 5.34. The molecule has 6 heteroatoms. The Labute approximate surface area is 198 Å². The number of aromatic nitrogens is 3. The summed E-state index contributed by atoms with van der Waals surface area (Å²) in [4.78, 5) is 14.6. The van der Waals surface area contributed by atoms with Crippen molar-refractivity contribution < 1.29 is 0 Å². The van der Waals surface area contributed by atoms with E-state index in [0.29, 0.717) is 11.5 Å². The molecule has 0 saturated heterocycles. The Kier molecular flexibility index (Phi) is 4.96. The third kappa shape index (κ3) is 3.76. The largest absolute Gasteiger partial charge is 0.384 e. The molecule has 6 rings (SSSR count). The minimum atomic E-state index is 0.145. The van der Waals surface area contributed by atoms with E-state index in [0.717, 1.165) is 36.4 Å². The van der Waals surface area contributed by atoms with Gasteiger partial charge in [0.1, 0.15) is 11.6 Å². The first-order chi connectivity index (χ1) is 16.5. The van der Waals surface area contributed by atoms with E-state index in [4.69, 9.17) is 5.73 Å². The minimum absolute atomic E-state index is 0.145. The summed E-state index contributed by atoms with van der Waals surface area (Å²) < 4.78 is 0. The second-order valence-electron chi connectivity index (χ2n) is 9.36. The Morgan fingerprint density at radius 3 is 2.76 bits per heavy atom. The van der Waals surface area contributed by atoms with Crippen LogP contribution in [0.4, 0.5) is 11.5 Å². The lowest BCUT2D eigenvalue weighted by molar-refractivity contribution is 0.320. The van der Waals surface area contributed by atoms with Gasteiger partial charge in [-0.3, -0.25) is 4.90 Å². The fourth-order valence-corrected chi connectivity index (χ4v) is 5.21. The first-order valence-electron chi connectivity index (χ1n) is 11.7. The number of fused-ring (bicyclic) bond motifs is 3. The maximum absolute atomic E-state index is 6.09. The van der Waals surface area contributed by atoms with Crippen LogP contribution in [0.15, 0.2) is 66.7 Å². The van der Waals surface area contributed by atoms with Crippen molar-refractivity contribution in [1.29, 1.82) is 0 Å². The van der Waals surface area contributed by atoms with E-state index in [9.17, 15) is 0 Å². The van der Waals surface area contributed by atoms with Gasteiger partial charge in [0.25, 0.3) is 0 Å². The molecule has 3 aromatic carbocycles. The summed E-state index contributed by atoms with van der Waals surface area (Å²) in [6.45, 7) is 3.75. The molecule has 0 spiro atoms. The van der Waals surface area contributed by atoms with Crippen molar-refractivity contribution in [2.75, 3.05) is 18.1 Å². The molecule has 1 aliphatic heterocycles. The highest BCUT2D eigenvalue weighted by molar-refractivity contribution is 5.85. The van der Waals surface area contributed by atoms with Crippen LogP contribution in [0.2, 0.25) is 0 Å². The Morgan fingerprint density at radius 2 is 1.85 bits per heavy atom. The zero-order chi connectivity index (χ0) is 23.2. The van der Waals surface area contributed by atoms with Crippen LogP contribution in [0.25, 0.3) is 21.9 Å². The Balaban J connectivity index is 1.21. The zero-order valence-electron chi connectivity index (χ0n) is 19.5. The maximum atomic E-state index is 6.09. The van der Waals surface area contributed by atoms with Gasteiger partial charge in [-0.05, 0) is 60.0 Å². The summed E-state index contributed by atoms with van der Waals surface area (Å²) in [5.74, 6) is 1.35. The van der Waals surface area contributed by atoms with Gasteiger partial charge in [0.2, 0.25) is 0 Å². The summed E-state index contributed by atoms with van der Waals surface area (Å²) in [6, 6.07) is 24.0. The summed E-state index contributed by atoms with van der Waals surface area (Å²) >= 11 is 0. The topological polar surface area (TPSA) is 82.9 Å². The van der Waals surface area contributed by atoms with Gasteiger partial charge in [0.15, 0.2) is 5.65 Å². The lowest BCUT2D eigenvalue weighted by Crippen LogP contribution is -2.17. The molecule has 0 aliphatic carbocycles. The zero-order valence-corrected chi connectivity index (χ0v) is 19.5. The third-order valence-corrected chi connectivity index (χ3v) is 6.70. The van der Waals surface area contributed by atoms with Crippen LogP contribution < -0.4 is 11.1 Å². The minimum Gasteiger partial charge on any atom is -0.384 e. The number of nitrogens with one attached hydrogen (secondary N) is 2. The molecule has 1 aliphatic rings. The van der Waals surface area contributed by atoms with E-state index in [2.05, 4.69) is 92.9 Å². The van der Waals surface area contributed by atoms with Gasteiger partial charge in [-0.2, -0.15) is 0 Å². The molecule has 0 saturated carbocycles. The maximum Gasteiger partial charge on any atom is 0.180 e. The number of benzene rings is 3. The van der Waals surface area contributed by atoms with Gasteiger partial charge >= 0.3 is 0 Å². The number of pyridine rings is 1. The SMILES string of the molecule is Cc1nc2nc(N)cc(C3Cc4cc(CN(C)Cc5cccc6ccccc56)ccc4N3)c2[nH]1. The average Bonchev–Trinajstić information content (AvgIpc) is 3.41. The van der Waals surface area contributed by atoms with Crippen molar-refractivity contribution in [3.63, 3.8) is 0 Å². The van der Waals surface area contributed by atoms with Crippen molar-refractivity contribution in [3.8, 4) is 0 Å². The van der Waals surface area contributed by atoms with E-state index < -0.39 is 0 Å². The Morgan fingerprint density at radius 1 is 1.00 bits per heavy atom. The number of nitrogens with two attached hydrogens (primary N) is 1. The standard InChI is InChI=1S/C28H28N6/c1-17-30-27-23(14-26(29)33-28(27)31-17)25-13-21-12-18(10-11-24(21)32-25)15-34(2)16-20-8-5-7-19-6-3-4-9-22(19)20/h3-12,14,25,32H,13,15-16H2,1-2H3,(H3,29,30,31,33). The molecule has 0 bridgehead atoms. The van der Waals surface area contributed by atoms with Gasteiger partial charge < -0.3 is 16.0 Å². The number of H-pyrrole nitrogens is 1. The number of nitrogens with zero attached hydrogens (tertiary/aromatic N) is 3. The van der Waals surface area contributed by atoms with Gasteiger partial charge in [0.05, 0.1) is 11.6 Å². The second-order valence-corrected chi connectivity index (χ2v) is 9.36. The van der Waals surface area contributed by atoms with Crippen LogP contribution in [-0.2, 0) is 19.5 Å². The predicted molar refractivity (Wildman–Crippen MR) is 139 cm³/mol. The summed E-state index contributed by atoms with van der Waals surface area (Å²) in [5.41, 5.74) is 14.0. The normalized spacial score (nSPS) is 15.2. The van der Waals surface area contributed by atoms with Gasteiger partial charge in [0, 0.05) is 24.3 Å². The van der Waals surface area contributed by atoms with Gasteiger partial charge in [-0.15, -0.1) is 0 Å². The monoisotopic (exact) mass is 448 g/mol. The molecular weight excluding hydrogens is 420 g/mol. The summed E-state index contributed by atoms with van der Waals surface area (Å²) in [6.07, 6.45) is 0.910. The summed E-state index contributed by atoms with van der Waals surface area (Å²) in [7, 11) is 2.19. The van der Waals surface area contributed by atoms with Crippen LogP contribution in [-0.4, -0.2) is 26.9 Å². The second kappa shape index (κ2) is 8.15. The molecule has 170 valence electrons. The van der Waals surface area contributed by atoms with Gasteiger partial charge in [-0.1, -0.05) is 54.6 Å². The molecule has 34 heavy (non-hydrogen) atoms. The van der Waals surface area contributed by atoms with Crippen molar-refractivity contribution in [1.82, 2.24) is 19.9 Å². The molecule has 1 atom stereocenters. The first kappa shape index (κ1) is 20.7. The highest BCUT2D eigenvalue weighted by atomic mass is 15.1. The number of anilines is 2. The highest BCUT2D eigenvalue weighted by Crippen LogP contribution is 2.37. The molecule has 4 N–H and O–H groups in total. The van der Waals surface area contributed by atoms with Crippen molar-refractivity contribution in [2.45, 2.75) is 32.5 Å². The average molecular weight is 449 g/mol. The highest BCUT2D eigenvalue weighted by Gasteiger charge is 2.25. The fraction of sp³-hybridized carbons (Fsp3) is 0.214. The van der Waals surface area contributed by atoms with Crippen LogP contribution in [0, 0.1) is 6.92 Å². The molecule has 1 unspecified atom stereocenters. The Hall–Kier alpha value is -3.90. The molecule has 3 heterocycles. The van der Waals surface area contributed by atoms with E-state index in [1.807, 2.05) is 13.0 Å². The van der Waals surface area contributed by atoms with E-state index in [1.54, 1.807) is 0 Å². The smallest absolute Gasteiger partial charge is 0.180 e. The van der Waals surface area contributed by atoms with Gasteiger partial charge in [-0.25, -0.2) is 9.97 Å². The fourth-order valence-electron chi connectivity index (χ4n) is 5.21. The Bertz CT molecular complexity index is 1510. The number of aryl methyl sites for hydroxylation is 1. The first-order valence-corrected chi connectivity index (χ1v) is 11.7. The molecule has 5 aromatic rings. The lowest BCUT2D eigenvalue weighted by Gasteiger charge is -2.18. The summed E-state index contributed by atoms with van der Waals surface area (Å²) in [5, 5.41) is 6.30. The molecule has 2 aromatic heterocycles. The van der Waals surface area contributed by atoms with Crippen molar-refractivity contribution >= 4 is 33.4 Å². The van der Waals surface area contributed by atoms with Crippen molar-refractivity contribution in [2.24, 2.45) is 0 Å². The number of imidazole rings is 1. The molecule has 0 amide bonds. The number of rotatable bonds is 5. The van der Waals surface area contributed by atoms with Crippen molar-refractivity contribution in [3.05, 3.63) is 94.8 Å². The van der Waals surface area contributed by atoms with E-state index in [1.165, 1.54) is 33.2 Å². The molecule has 0 radical (unpaired) electrons. The van der Waals surface area contributed by atoms with Crippen LogP contribution in [0.3, 0.4) is 0 Å². The quantitative estimate of drug-likeness (QED) is 0.338. The van der Waals surface area contributed by atoms with Crippen LogP contribution >= 0.6 is 0 Å². The number of nitrogen functional groups attached to an aromatic ring is 1.